The van der Waals surface area contributed by atoms with E-state index < -0.39 is 99.3 Å². The minimum absolute atomic E-state index is 0.177. The second kappa shape index (κ2) is 10.8. The van der Waals surface area contributed by atoms with E-state index in [9.17, 15) is 87.8 Å². The van der Waals surface area contributed by atoms with E-state index in [0.717, 1.165) is 0 Å². The molecular weight excluding hydrogens is 673 g/mol. The monoisotopic (exact) mass is 687 g/mol. The van der Waals surface area contributed by atoms with Crippen molar-refractivity contribution in [1.29, 1.82) is 0 Å². The number of hydrogen-bond donors (Lipinski definition) is 0. The summed E-state index contributed by atoms with van der Waals surface area (Å²) in [6.07, 6.45) is -9.45. The first kappa shape index (κ1) is 36.6. The Labute approximate surface area is 228 Å². The highest BCUT2D eigenvalue weighted by molar-refractivity contribution is 7.90. The molecule has 0 aliphatic carbocycles. The minimum atomic E-state index is -8.93. The van der Waals surface area contributed by atoms with Gasteiger partial charge in [-0.1, -0.05) is 30.3 Å². The first-order valence-electron chi connectivity index (χ1n) is 10.9. The van der Waals surface area contributed by atoms with E-state index in [0.29, 0.717) is 0 Å². The van der Waals surface area contributed by atoms with Gasteiger partial charge in [0.05, 0.1) is 0 Å². The van der Waals surface area contributed by atoms with E-state index in [1.807, 2.05) is 0 Å². The van der Waals surface area contributed by atoms with Gasteiger partial charge in [0.1, 0.15) is 12.6 Å². The first-order valence-corrected chi connectivity index (χ1v) is 12.4. The zero-order chi connectivity index (χ0) is 33.9. The molecule has 1 heterocycles. The van der Waals surface area contributed by atoms with Gasteiger partial charge in [-0.15, -0.1) is 0 Å². The van der Waals surface area contributed by atoms with Crippen LogP contribution >= 0.6 is 0 Å². The van der Waals surface area contributed by atoms with Crippen LogP contribution in [0.3, 0.4) is 0 Å². The quantitative estimate of drug-likeness (QED) is 0.197. The highest BCUT2D eigenvalue weighted by atomic mass is 32.2. The van der Waals surface area contributed by atoms with Crippen LogP contribution in [0.4, 0.5) is 74.6 Å². The summed E-state index contributed by atoms with van der Waals surface area (Å²) in [5.41, 5.74) is 0.177. The van der Waals surface area contributed by atoms with Crippen LogP contribution in [0.1, 0.15) is 18.4 Å². The van der Waals surface area contributed by atoms with Crippen molar-refractivity contribution >= 4 is 16.0 Å². The Morgan fingerprint density at radius 2 is 1.12 bits per heavy atom. The molecule has 0 unspecified atom stereocenters. The van der Waals surface area contributed by atoms with Gasteiger partial charge in [-0.25, -0.2) is 8.42 Å². The molecule has 0 aromatic heterocycles. The third-order valence-electron chi connectivity index (χ3n) is 6.03. The van der Waals surface area contributed by atoms with Crippen LogP contribution < -0.4 is 0 Å². The summed E-state index contributed by atoms with van der Waals surface area (Å²) >= 11 is 0. The van der Waals surface area contributed by atoms with E-state index in [4.69, 9.17) is 0 Å². The molecule has 0 saturated carbocycles. The van der Waals surface area contributed by atoms with Gasteiger partial charge in [-0.2, -0.15) is 78.9 Å². The summed E-state index contributed by atoms with van der Waals surface area (Å²) in [5.74, 6) is -53.9. The lowest BCUT2D eigenvalue weighted by Gasteiger charge is -2.43. The van der Waals surface area contributed by atoms with Crippen molar-refractivity contribution < 1.29 is 92.6 Å². The van der Waals surface area contributed by atoms with Gasteiger partial charge in [-0.05, 0) is 18.4 Å². The zero-order valence-corrected chi connectivity index (χ0v) is 21.0. The van der Waals surface area contributed by atoms with E-state index >= 15 is 0 Å². The molecule has 0 radical (unpaired) electrons. The number of hydrogen-bond acceptors (Lipinski definition) is 4. The summed E-state index contributed by atoms with van der Waals surface area (Å²) in [4.78, 5) is 12.3. The molecule has 5 nitrogen and oxygen atoms in total. The topological polar surface area (TPSA) is 63.7 Å². The molecule has 1 aliphatic rings. The molecule has 1 saturated heterocycles. The summed E-state index contributed by atoms with van der Waals surface area (Å²) in [6, 6.07) is 4.31. The molecule has 248 valence electrons. The number of alkyl halides is 17. The maximum absolute atomic E-state index is 14.5. The van der Waals surface area contributed by atoms with Crippen molar-refractivity contribution in [3.8, 4) is 0 Å². The Hall–Kier alpha value is -2.59. The summed E-state index contributed by atoms with van der Waals surface area (Å²) < 4.78 is 258. The Morgan fingerprint density at radius 1 is 0.698 bits per heavy atom. The predicted molar refractivity (Wildman–Crippen MR) is 106 cm³/mol. The summed E-state index contributed by atoms with van der Waals surface area (Å²) in [6.45, 7) is -2.13. The molecular formula is C20H14F17NO4S. The largest absolute Gasteiger partial charge is 0.460 e. The lowest BCUT2D eigenvalue weighted by atomic mass is 9.91. The number of benzene rings is 1. The fourth-order valence-electron chi connectivity index (χ4n) is 3.55. The molecule has 1 aliphatic heterocycles. The molecule has 43 heavy (non-hydrogen) atoms. The SMILES string of the molecule is O=C(OCc1ccccc1)[C@@H]1CCCN1S(=O)(=O)C(F)(F)C(F)(F)C(F)(F)C(F)(F)C(F)(F)C(F)(F)C(F)(F)C(F)(F)F. The molecule has 1 aromatic carbocycles. The molecule has 0 amide bonds. The van der Waals surface area contributed by atoms with E-state index in [-0.39, 0.29) is 5.56 Å². The van der Waals surface area contributed by atoms with Gasteiger partial charge in [0, 0.05) is 6.54 Å². The van der Waals surface area contributed by atoms with Crippen LogP contribution in [0.25, 0.3) is 0 Å². The Morgan fingerprint density at radius 3 is 1.56 bits per heavy atom. The van der Waals surface area contributed by atoms with Gasteiger partial charge >= 0.3 is 52.9 Å². The van der Waals surface area contributed by atoms with Crippen LogP contribution in [-0.2, 0) is 26.2 Å². The molecule has 0 spiro atoms. The van der Waals surface area contributed by atoms with Gasteiger partial charge < -0.3 is 4.74 Å². The van der Waals surface area contributed by atoms with Crippen LogP contribution in [0, 0.1) is 0 Å². The van der Waals surface area contributed by atoms with Gasteiger partial charge in [0.2, 0.25) is 0 Å². The van der Waals surface area contributed by atoms with E-state index in [2.05, 4.69) is 4.74 Å². The van der Waals surface area contributed by atoms with E-state index in [1.54, 1.807) is 0 Å². The van der Waals surface area contributed by atoms with Crippen LogP contribution in [0.2, 0.25) is 0 Å². The average molecular weight is 687 g/mol. The van der Waals surface area contributed by atoms with Gasteiger partial charge in [-0.3, -0.25) is 4.79 Å². The molecule has 2 rings (SSSR count). The number of carbonyl (C=O) groups excluding carboxylic acids is 1. The van der Waals surface area contributed by atoms with Crippen molar-refractivity contribution in [2.45, 2.75) is 72.5 Å². The second-order valence-corrected chi connectivity index (χ2v) is 10.8. The fourth-order valence-corrected chi connectivity index (χ4v) is 5.19. The highest BCUT2D eigenvalue weighted by Crippen LogP contribution is 2.64. The van der Waals surface area contributed by atoms with Gasteiger partial charge in [0.15, 0.2) is 0 Å². The first-order chi connectivity index (χ1) is 19.0. The van der Waals surface area contributed by atoms with Crippen LogP contribution in [-0.4, -0.2) is 78.2 Å². The molecule has 1 atom stereocenters. The van der Waals surface area contributed by atoms with Crippen molar-refractivity contribution in [3.05, 3.63) is 35.9 Å². The van der Waals surface area contributed by atoms with Crippen LogP contribution in [0.15, 0.2) is 30.3 Å². The van der Waals surface area contributed by atoms with Gasteiger partial charge in [0.25, 0.3) is 10.0 Å². The maximum atomic E-state index is 14.5. The zero-order valence-electron chi connectivity index (χ0n) is 20.2. The average Bonchev–Trinajstić information content (AvgIpc) is 3.37. The molecule has 23 heteroatoms. The third kappa shape index (κ3) is 5.26. The van der Waals surface area contributed by atoms with Crippen molar-refractivity contribution in [2.75, 3.05) is 6.54 Å². The maximum Gasteiger partial charge on any atom is 0.460 e. The second-order valence-electron chi connectivity index (χ2n) is 8.83. The predicted octanol–water partition coefficient (Wildman–Crippen LogP) is 6.49. The molecule has 1 fully saturated rings. The number of halogens is 17. The standard InChI is InChI=1S/C20H14F17NO4S/c21-13(22,15(25,26)17(29,30)19(33,34)35)14(23,24)16(27,28)18(31,32)20(36,37)43(40,41)38-8-4-7-11(38)12(39)42-9-10-5-2-1-3-6-10/h1-3,5-6,11H,4,7-9H2/t11-/m0/s1. The van der Waals surface area contributed by atoms with Crippen LogP contribution in [0.5, 0.6) is 0 Å². The highest BCUT2D eigenvalue weighted by Gasteiger charge is 2.96. The Balaban J connectivity index is 2.52. The Kier molecular flexibility index (Phi) is 9.18. The third-order valence-corrected chi connectivity index (χ3v) is 7.98. The molecule has 1 aromatic rings. The summed E-state index contributed by atoms with van der Waals surface area (Å²) in [5, 5.41) is -7.73. The molecule has 0 bridgehead atoms. The van der Waals surface area contributed by atoms with Crippen molar-refractivity contribution in [2.24, 2.45) is 0 Å². The number of sulfonamides is 1. The number of nitrogens with zero attached hydrogens (tertiary/aromatic N) is 1. The smallest absolute Gasteiger partial charge is 0.460 e. The fraction of sp³-hybridized carbons (Fsp3) is 0.650. The van der Waals surface area contributed by atoms with Crippen molar-refractivity contribution in [3.63, 3.8) is 0 Å². The van der Waals surface area contributed by atoms with Crippen molar-refractivity contribution in [1.82, 2.24) is 4.31 Å². The lowest BCUT2D eigenvalue weighted by molar-refractivity contribution is -0.458. The molecule has 0 N–H and O–H groups in total. The lowest BCUT2D eigenvalue weighted by Crippen LogP contribution is -2.75. The normalized spacial score (nSPS) is 19.0. The minimum Gasteiger partial charge on any atom is -0.460 e. The van der Waals surface area contributed by atoms with E-state index in [1.165, 1.54) is 30.3 Å². The summed E-state index contributed by atoms with van der Waals surface area (Å²) in [7, 11) is -7.57. The number of esters is 1. The Bertz CT molecular complexity index is 1280. The number of ether oxygens (including phenoxy) is 1. The number of carbonyl (C=O) groups is 1. The number of rotatable bonds is 11.